The standard InChI is InChI=1S/C15H19NO/c1-2-4-11-8-12(7-10(11)3-1)16-14-9-13-5-6-15(14)17-13/h1-4,12-16H,5-9H2. The molecule has 2 fully saturated rings. The summed E-state index contributed by atoms with van der Waals surface area (Å²) in [6, 6.07) is 10.1. The number of benzene rings is 1. The highest BCUT2D eigenvalue weighted by molar-refractivity contribution is 5.33. The van der Waals surface area contributed by atoms with Gasteiger partial charge in [-0.3, -0.25) is 0 Å². The molecule has 1 N–H and O–H groups in total. The van der Waals surface area contributed by atoms with Crippen LogP contribution in [0.5, 0.6) is 0 Å². The molecule has 0 aromatic heterocycles. The Bertz CT molecular complexity index is 406. The van der Waals surface area contributed by atoms with Gasteiger partial charge < -0.3 is 10.1 Å². The largest absolute Gasteiger partial charge is 0.373 e. The van der Waals surface area contributed by atoms with Gasteiger partial charge in [-0.1, -0.05) is 24.3 Å². The molecule has 0 saturated carbocycles. The molecule has 2 bridgehead atoms. The first-order valence-corrected chi connectivity index (χ1v) is 6.87. The monoisotopic (exact) mass is 229 g/mol. The quantitative estimate of drug-likeness (QED) is 0.838. The number of fused-ring (bicyclic) bond motifs is 3. The summed E-state index contributed by atoms with van der Waals surface area (Å²) < 4.78 is 5.91. The van der Waals surface area contributed by atoms with Gasteiger partial charge in [0.15, 0.2) is 0 Å². The molecule has 1 aromatic rings. The molecular formula is C15H19NO. The van der Waals surface area contributed by atoms with Crippen molar-refractivity contribution in [2.75, 3.05) is 0 Å². The first-order chi connectivity index (χ1) is 8.38. The summed E-state index contributed by atoms with van der Waals surface area (Å²) >= 11 is 0. The zero-order valence-electron chi connectivity index (χ0n) is 10.1. The molecule has 4 rings (SSSR count). The molecule has 2 saturated heterocycles. The Balaban J connectivity index is 1.43. The van der Waals surface area contributed by atoms with Gasteiger partial charge in [0, 0.05) is 12.1 Å². The first kappa shape index (κ1) is 10.1. The Morgan fingerprint density at radius 1 is 1.06 bits per heavy atom. The third kappa shape index (κ3) is 1.71. The van der Waals surface area contributed by atoms with E-state index in [0.717, 1.165) is 0 Å². The molecule has 3 aliphatic rings. The minimum atomic E-state index is 0.503. The summed E-state index contributed by atoms with van der Waals surface area (Å²) in [7, 11) is 0. The van der Waals surface area contributed by atoms with Gasteiger partial charge in [-0.05, 0) is 43.2 Å². The SMILES string of the molecule is c1ccc2c(c1)CC(NC1CC3CCC1O3)C2. The molecule has 3 unspecified atom stereocenters. The number of hydrogen-bond donors (Lipinski definition) is 1. The topological polar surface area (TPSA) is 21.3 Å². The van der Waals surface area contributed by atoms with Crippen molar-refractivity contribution in [2.45, 2.75) is 56.4 Å². The minimum Gasteiger partial charge on any atom is -0.373 e. The normalized spacial score (nSPS) is 35.4. The summed E-state index contributed by atoms with van der Waals surface area (Å²) in [4.78, 5) is 0. The summed E-state index contributed by atoms with van der Waals surface area (Å²) in [5, 5.41) is 3.83. The highest BCUT2D eigenvalue weighted by Crippen LogP contribution is 2.35. The zero-order chi connectivity index (χ0) is 11.2. The fourth-order valence-corrected chi connectivity index (χ4v) is 3.79. The lowest BCUT2D eigenvalue weighted by atomic mass is 9.94. The Kier molecular flexibility index (Phi) is 2.27. The lowest BCUT2D eigenvalue weighted by Crippen LogP contribution is -2.44. The van der Waals surface area contributed by atoms with Crippen LogP contribution in [0.25, 0.3) is 0 Å². The van der Waals surface area contributed by atoms with E-state index in [1.54, 1.807) is 0 Å². The minimum absolute atomic E-state index is 0.503. The molecule has 2 aliphatic heterocycles. The molecule has 3 atom stereocenters. The van der Waals surface area contributed by atoms with E-state index in [0.29, 0.717) is 24.3 Å². The van der Waals surface area contributed by atoms with Crippen LogP contribution in [0.1, 0.15) is 30.4 Å². The molecule has 0 spiro atoms. The lowest BCUT2D eigenvalue weighted by molar-refractivity contribution is 0.0961. The Morgan fingerprint density at radius 3 is 2.41 bits per heavy atom. The van der Waals surface area contributed by atoms with Gasteiger partial charge in [-0.2, -0.15) is 0 Å². The maximum Gasteiger partial charge on any atom is 0.0733 e. The summed E-state index contributed by atoms with van der Waals surface area (Å²) in [6.45, 7) is 0. The van der Waals surface area contributed by atoms with Crippen molar-refractivity contribution in [1.82, 2.24) is 5.32 Å². The van der Waals surface area contributed by atoms with Crippen molar-refractivity contribution < 1.29 is 4.74 Å². The predicted molar refractivity (Wildman–Crippen MR) is 67.1 cm³/mol. The van der Waals surface area contributed by atoms with Crippen molar-refractivity contribution >= 4 is 0 Å². The molecule has 2 heterocycles. The number of ether oxygens (including phenoxy) is 1. The summed E-state index contributed by atoms with van der Waals surface area (Å²) in [5.74, 6) is 0. The van der Waals surface area contributed by atoms with Crippen molar-refractivity contribution in [3.8, 4) is 0 Å². The van der Waals surface area contributed by atoms with Crippen LogP contribution in [0.3, 0.4) is 0 Å². The van der Waals surface area contributed by atoms with Crippen LogP contribution < -0.4 is 5.32 Å². The predicted octanol–water partition coefficient (Wildman–Crippen LogP) is 2.06. The molecule has 2 nitrogen and oxygen atoms in total. The van der Waals surface area contributed by atoms with Crippen LogP contribution in [0, 0.1) is 0 Å². The second-order valence-corrected chi connectivity index (χ2v) is 5.76. The lowest BCUT2D eigenvalue weighted by Gasteiger charge is -2.24. The van der Waals surface area contributed by atoms with Gasteiger partial charge in [-0.25, -0.2) is 0 Å². The van der Waals surface area contributed by atoms with E-state index >= 15 is 0 Å². The van der Waals surface area contributed by atoms with E-state index in [-0.39, 0.29) is 0 Å². The number of nitrogens with one attached hydrogen (secondary N) is 1. The average Bonchev–Trinajstić information content (AvgIpc) is 3.01. The van der Waals surface area contributed by atoms with Gasteiger partial charge >= 0.3 is 0 Å². The highest BCUT2D eigenvalue weighted by atomic mass is 16.5. The number of rotatable bonds is 2. The van der Waals surface area contributed by atoms with Crippen LogP contribution in [0.2, 0.25) is 0 Å². The van der Waals surface area contributed by atoms with Gasteiger partial charge in [0.25, 0.3) is 0 Å². The molecule has 1 aromatic carbocycles. The van der Waals surface area contributed by atoms with Crippen molar-refractivity contribution in [3.05, 3.63) is 35.4 Å². The second-order valence-electron chi connectivity index (χ2n) is 5.76. The van der Waals surface area contributed by atoms with Crippen LogP contribution >= 0.6 is 0 Å². The van der Waals surface area contributed by atoms with Crippen LogP contribution in [-0.2, 0) is 17.6 Å². The van der Waals surface area contributed by atoms with Gasteiger partial charge in [0.1, 0.15) is 0 Å². The molecule has 2 heteroatoms. The third-order valence-corrected chi connectivity index (χ3v) is 4.61. The maximum absolute atomic E-state index is 5.91. The van der Waals surface area contributed by atoms with E-state index in [1.807, 2.05) is 0 Å². The molecule has 0 radical (unpaired) electrons. The smallest absolute Gasteiger partial charge is 0.0733 e. The van der Waals surface area contributed by atoms with Crippen molar-refractivity contribution in [1.29, 1.82) is 0 Å². The van der Waals surface area contributed by atoms with Crippen molar-refractivity contribution in [3.63, 3.8) is 0 Å². The Hall–Kier alpha value is -0.860. The highest BCUT2D eigenvalue weighted by Gasteiger charge is 2.41. The van der Waals surface area contributed by atoms with E-state index in [2.05, 4.69) is 29.6 Å². The zero-order valence-corrected chi connectivity index (χ0v) is 10.1. The van der Waals surface area contributed by atoms with E-state index in [4.69, 9.17) is 4.74 Å². The molecule has 0 amide bonds. The fourth-order valence-electron chi connectivity index (χ4n) is 3.79. The van der Waals surface area contributed by atoms with E-state index in [9.17, 15) is 0 Å². The van der Waals surface area contributed by atoms with Crippen LogP contribution in [-0.4, -0.2) is 24.3 Å². The number of hydrogen-bond acceptors (Lipinski definition) is 2. The van der Waals surface area contributed by atoms with Crippen LogP contribution in [0.4, 0.5) is 0 Å². The fraction of sp³-hybridized carbons (Fsp3) is 0.600. The van der Waals surface area contributed by atoms with E-state index < -0.39 is 0 Å². The summed E-state index contributed by atoms with van der Waals surface area (Å²) in [5.41, 5.74) is 3.07. The molecule has 17 heavy (non-hydrogen) atoms. The van der Waals surface area contributed by atoms with Gasteiger partial charge in [0.2, 0.25) is 0 Å². The van der Waals surface area contributed by atoms with Crippen LogP contribution in [0.15, 0.2) is 24.3 Å². The molecule has 90 valence electrons. The van der Waals surface area contributed by atoms with E-state index in [1.165, 1.54) is 43.2 Å². The Morgan fingerprint density at radius 2 is 1.82 bits per heavy atom. The van der Waals surface area contributed by atoms with Gasteiger partial charge in [0.05, 0.1) is 12.2 Å². The summed E-state index contributed by atoms with van der Waals surface area (Å²) in [6.07, 6.45) is 7.24. The second kappa shape index (κ2) is 3.82. The Labute approximate surface area is 102 Å². The first-order valence-electron chi connectivity index (χ1n) is 6.87. The van der Waals surface area contributed by atoms with Gasteiger partial charge in [-0.15, -0.1) is 0 Å². The third-order valence-electron chi connectivity index (χ3n) is 4.61. The maximum atomic E-state index is 5.91. The molecule has 1 aliphatic carbocycles. The average molecular weight is 229 g/mol. The van der Waals surface area contributed by atoms with Crippen molar-refractivity contribution in [2.24, 2.45) is 0 Å². The molecular weight excluding hydrogens is 210 g/mol.